The SMILES string of the molecule is CC#CCOc1ccc(S(=O)(=O)N[C@@H](C(=O)OC(C)(C)C)C(C)(C)SCCCO)cc1. The van der Waals surface area contributed by atoms with Crippen molar-refractivity contribution in [2.45, 2.75) is 69.2 Å². The predicted octanol–water partition coefficient (Wildman–Crippen LogP) is 2.97. The van der Waals surface area contributed by atoms with Crippen LogP contribution in [0.1, 0.15) is 48.0 Å². The van der Waals surface area contributed by atoms with Crippen LogP contribution in [0.25, 0.3) is 0 Å². The number of rotatable bonds is 11. The molecule has 0 unspecified atom stereocenters. The van der Waals surface area contributed by atoms with Crippen LogP contribution in [-0.4, -0.2) is 54.9 Å². The topological polar surface area (TPSA) is 102 Å². The van der Waals surface area contributed by atoms with Gasteiger partial charge in [-0.2, -0.15) is 16.5 Å². The Labute approximate surface area is 190 Å². The molecule has 7 nitrogen and oxygen atoms in total. The molecule has 0 fully saturated rings. The minimum absolute atomic E-state index is 0.00569. The number of carbonyl (C=O) groups excluding carboxylic acids is 1. The Morgan fingerprint density at radius 3 is 2.32 bits per heavy atom. The zero-order valence-electron chi connectivity index (χ0n) is 19.0. The van der Waals surface area contributed by atoms with Gasteiger partial charge in [-0.15, -0.1) is 5.92 Å². The average Bonchev–Trinajstić information content (AvgIpc) is 2.65. The van der Waals surface area contributed by atoms with Gasteiger partial charge in [0.1, 0.15) is 24.0 Å². The van der Waals surface area contributed by atoms with E-state index < -0.39 is 32.4 Å². The van der Waals surface area contributed by atoms with E-state index in [4.69, 9.17) is 14.6 Å². The van der Waals surface area contributed by atoms with Gasteiger partial charge < -0.3 is 14.6 Å². The molecule has 0 aliphatic heterocycles. The van der Waals surface area contributed by atoms with E-state index in [0.29, 0.717) is 17.9 Å². The van der Waals surface area contributed by atoms with Gasteiger partial charge in [0.25, 0.3) is 0 Å². The highest BCUT2D eigenvalue weighted by Crippen LogP contribution is 2.31. The summed E-state index contributed by atoms with van der Waals surface area (Å²) in [6.45, 7) is 10.7. The summed E-state index contributed by atoms with van der Waals surface area (Å²) in [5, 5.41) is 9.06. The van der Waals surface area contributed by atoms with Gasteiger partial charge >= 0.3 is 5.97 Å². The van der Waals surface area contributed by atoms with E-state index in [1.165, 1.54) is 36.0 Å². The van der Waals surface area contributed by atoms with Crippen LogP contribution < -0.4 is 9.46 Å². The third-order valence-corrected chi connectivity index (χ3v) is 6.92. The molecule has 0 saturated heterocycles. The highest BCUT2D eigenvalue weighted by atomic mass is 32.2. The molecular formula is C22H33NO6S2. The van der Waals surface area contributed by atoms with Crippen LogP contribution in [-0.2, 0) is 19.6 Å². The smallest absolute Gasteiger partial charge is 0.326 e. The van der Waals surface area contributed by atoms with Gasteiger partial charge in [-0.05, 0) is 78.0 Å². The van der Waals surface area contributed by atoms with Gasteiger partial charge in [0.15, 0.2) is 0 Å². The van der Waals surface area contributed by atoms with Crippen molar-refractivity contribution in [3.8, 4) is 17.6 Å². The molecule has 0 saturated carbocycles. The first-order valence-electron chi connectivity index (χ1n) is 9.95. The monoisotopic (exact) mass is 471 g/mol. The summed E-state index contributed by atoms with van der Waals surface area (Å²) < 4.78 is 38.7. The first kappa shape index (κ1) is 27.3. The summed E-state index contributed by atoms with van der Waals surface area (Å²) in [6, 6.07) is 4.77. The number of carbonyl (C=O) groups is 1. The lowest BCUT2D eigenvalue weighted by Gasteiger charge is -2.34. The molecule has 9 heteroatoms. The maximum Gasteiger partial charge on any atom is 0.326 e. The van der Waals surface area contributed by atoms with E-state index in [-0.39, 0.29) is 18.1 Å². The number of sulfonamides is 1. The molecule has 1 rings (SSSR count). The highest BCUT2D eigenvalue weighted by molar-refractivity contribution is 8.00. The molecular weight excluding hydrogens is 438 g/mol. The lowest BCUT2D eigenvalue weighted by Crippen LogP contribution is -2.54. The third-order valence-electron chi connectivity index (χ3n) is 4.01. The van der Waals surface area contributed by atoms with Crippen molar-refractivity contribution in [3.05, 3.63) is 24.3 Å². The molecule has 0 heterocycles. The van der Waals surface area contributed by atoms with E-state index in [0.717, 1.165) is 0 Å². The first-order valence-corrected chi connectivity index (χ1v) is 12.4. The van der Waals surface area contributed by atoms with Crippen molar-refractivity contribution < 1.29 is 27.8 Å². The molecule has 0 aromatic heterocycles. The van der Waals surface area contributed by atoms with E-state index in [9.17, 15) is 13.2 Å². The number of nitrogens with one attached hydrogen (secondary N) is 1. The Morgan fingerprint density at radius 2 is 1.81 bits per heavy atom. The van der Waals surface area contributed by atoms with E-state index in [1.54, 1.807) is 41.5 Å². The van der Waals surface area contributed by atoms with Crippen LogP contribution in [0, 0.1) is 11.8 Å². The molecule has 1 atom stereocenters. The van der Waals surface area contributed by atoms with E-state index in [1.807, 2.05) is 0 Å². The minimum Gasteiger partial charge on any atom is -0.481 e. The number of esters is 1. The standard InChI is InChI=1S/C22H33NO6S2/c1-7-8-15-28-17-10-12-18(13-11-17)31(26,27)23-19(20(25)29-21(2,3)4)22(5,6)30-16-9-14-24/h10-13,19,23-24H,9,14-16H2,1-6H3/t19-/m0/s1. The van der Waals surface area contributed by atoms with Crippen LogP contribution in [0.2, 0.25) is 0 Å². The number of hydrogen-bond acceptors (Lipinski definition) is 7. The number of aliphatic hydroxyl groups is 1. The number of ether oxygens (including phenoxy) is 2. The van der Waals surface area contributed by atoms with Crippen LogP contribution in [0.15, 0.2) is 29.2 Å². The Bertz CT molecular complexity index is 877. The van der Waals surface area contributed by atoms with E-state index >= 15 is 0 Å². The summed E-state index contributed by atoms with van der Waals surface area (Å²) in [4.78, 5) is 12.9. The Balaban J connectivity index is 3.12. The Hall–Kier alpha value is -1.73. The molecule has 2 N–H and O–H groups in total. The lowest BCUT2D eigenvalue weighted by atomic mass is 10.0. The van der Waals surface area contributed by atoms with Crippen molar-refractivity contribution in [2.75, 3.05) is 19.0 Å². The van der Waals surface area contributed by atoms with E-state index in [2.05, 4.69) is 16.6 Å². The minimum atomic E-state index is -4.01. The van der Waals surface area contributed by atoms with Crippen LogP contribution in [0.5, 0.6) is 5.75 Å². The molecule has 0 aliphatic rings. The number of hydrogen-bond donors (Lipinski definition) is 2. The first-order chi connectivity index (χ1) is 14.3. The largest absolute Gasteiger partial charge is 0.481 e. The molecule has 1 aromatic rings. The van der Waals surface area contributed by atoms with Crippen molar-refractivity contribution in [1.29, 1.82) is 0 Å². The van der Waals surface area contributed by atoms with Crippen molar-refractivity contribution in [3.63, 3.8) is 0 Å². The van der Waals surface area contributed by atoms with Gasteiger partial charge in [-0.25, -0.2) is 8.42 Å². The number of benzene rings is 1. The molecule has 0 amide bonds. The Morgan fingerprint density at radius 1 is 1.19 bits per heavy atom. The summed E-state index contributed by atoms with van der Waals surface area (Å²) in [7, 11) is -4.01. The highest BCUT2D eigenvalue weighted by Gasteiger charge is 2.41. The summed E-state index contributed by atoms with van der Waals surface area (Å²) in [6.07, 6.45) is 0.533. The van der Waals surface area contributed by atoms with Crippen LogP contribution >= 0.6 is 11.8 Å². The van der Waals surface area contributed by atoms with Gasteiger partial charge in [0.2, 0.25) is 10.0 Å². The fourth-order valence-corrected chi connectivity index (χ4v) is 4.98. The zero-order valence-corrected chi connectivity index (χ0v) is 20.7. The van der Waals surface area contributed by atoms with Crippen LogP contribution in [0.4, 0.5) is 0 Å². The molecule has 0 radical (unpaired) electrons. The summed E-state index contributed by atoms with van der Waals surface area (Å²) in [5.41, 5.74) is -0.771. The zero-order chi connectivity index (χ0) is 23.7. The molecule has 0 spiro atoms. The molecule has 174 valence electrons. The average molecular weight is 472 g/mol. The van der Waals surface area contributed by atoms with Gasteiger partial charge in [0, 0.05) is 11.4 Å². The predicted molar refractivity (Wildman–Crippen MR) is 124 cm³/mol. The van der Waals surface area contributed by atoms with Crippen molar-refractivity contribution >= 4 is 27.8 Å². The Kier molecular flexibility index (Phi) is 10.4. The fourth-order valence-electron chi connectivity index (χ4n) is 2.45. The summed E-state index contributed by atoms with van der Waals surface area (Å²) in [5.74, 6) is 5.88. The van der Waals surface area contributed by atoms with Crippen molar-refractivity contribution in [1.82, 2.24) is 4.72 Å². The molecule has 0 bridgehead atoms. The normalized spacial score (nSPS) is 13.1. The van der Waals surface area contributed by atoms with Gasteiger partial charge in [-0.3, -0.25) is 4.79 Å². The maximum atomic E-state index is 13.0. The molecule has 1 aromatic carbocycles. The maximum absolute atomic E-state index is 13.0. The third kappa shape index (κ3) is 9.52. The molecule has 31 heavy (non-hydrogen) atoms. The number of aliphatic hydroxyl groups excluding tert-OH is 1. The fraction of sp³-hybridized carbons (Fsp3) is 0.591. The lowest BCUT2D eigenvalue weighted by molar-refractivity contribution is -0.157. The second kappa shape index (κ2) is 11.8. The van der Waals surface area contributed by atoms with Gasteiger partial charge in [0.05, 0.1) is 4.90 Å². The van der Waals surface area contributed by atoms with Gasteiger partial charge in [-0.1, -0.05) is 5.92 Å². The van der Waals surface area contributed by atoms with Crippen LogP contribution in [0.3, 0.4) is 0 Å². The molecule has 0 aliphatic carbocycles. The second-order valence-corrected chi connectivity index (χ2v) is 11.8. The number of thioether (sulfide) groups is 1. The quantitative estimate of drug-likeness (QED) is 0.291. The van der Waals surface area contributed by atoms with Crippen molar-refractivity contribution in [2.24, 2.45) is 0 Å². The summed E-state index contributed by atoms with van der Waals surface area (Å²) >= 11 is 1.39. The second-order valence-electron chi connectivity index (χ2n) is 8.30.